The van der Waals surface area contributed by atoms with Gasteiger partial charge >= 0.3 is 11.8 Å². The zero-order chi connectivity index (χ0) is 18.2. The molecular weight excluding hydrogens is 324 g/mol. The first-order chi connectivity index (χ1) is 12.1. The van der Waals surface area contributed by atoms with Crippen molar-refractivity contribution in [2.75, 3.05) is 31.5 Å². The fourth-order valence-corrected chi connectivity index (χ4v) is 2.07. The van der Waals surface area contributed by atoms with Gasteiger partial charge < -0.3 is 24.8 Å². The Labute approximate surface area is 145 Å². The molecule has 7 heteroatoms. The molecule has 0 bridgehead atoms. The molecule has 2 aromatic rings. The predicted octanol–water partition coefficient (Wildman–Crippen LogP) is 2.68. The molecule has 0 aliphatic heterocycles. The molecule has 2 N–H and O–H groups in total. The molecule has 132 valence electrons. The van der Waals surface area contributed by atoms with Gasteiger partial charge in [-0.2, -0.15) is 0 Å². The zero-order valence-corrected chi connectivity index (χ0v) is 14.3. The Hall–Kier alpha value is -3.22. The maximum atomic E-state index is 12.1. The van der Waals surface area contributed by atoms with Gasteiger partial charge in [0, 0.05) is 11.8 Å². The van der Waals surface area contributed by atoms with Crippen molar-refractivity contribution >= 4 is 23.2 Å². The van der Waals surface area contributed by atoms with E-state index >= 15 is 0 Å². The van der Waals surface area contributed by atoms with Crippen molar-refractivity contribution in [1.29, 1.82) is 0 Å². The number of nitrogens with one attached hydrogen (secondary N) is 2. The van der Waals surface area contributed by atoms with Crippen LogP contribution in [0.1, 0.15) is 6.92 Å². The highest BCUT2D eigenvalue weighted by atomic mass is 16.5. The van der Waals surface area contributed by atoms with Crippen molar-refractivity contribution in [3.63, 3.8) is 0 Å². The van der Waals surface area contributed by atoms with Crippen LogP contribution in [0.4, 0.5) is 11.4 Å². The maximum absolute atomic E-state index is 12.1. The molecule has 2 aromatic carbocycles. The van der Waals surface area contributed by atoms with E-state index in [1.54, 1.807) is 42.5 Å². The van der Waals surface area contributed by atoms with Gasteiger partial charge in [-0.1, -0.05) is 0 Å². The minimum atomic E-state index is -0.808. The summed E-state index contributed by atoms with van der Waals surface area (Å²) in [6.45, 7) is 2.44. The maximum Gasteiger partial charge on any atom is 0.314 e. The predicted molar refractivity (Wildman–Crippen MR) is 94.4 cm³/mol. The van der Waals surface area contributed by atoms with E-state index < -0.39 is 11.8 Å². The number of anilines is 2. The standard InChI is InChI=1S/C18H20N2O5/c1-4-25-13-7-5-12(6-8-13)19-17(21)18(22)20-15-10-9-14(23-2)11-16(15)24-3/h5-11H,4H2,1-3H3,(H,19,21)(H,20,22). The van der Waals surface area contributed by atoms with Gasteiger partial charge in [0.1, 0.15) is 17.2 Å². The van der Waals surface area contributed by atoms with E-state index in [2.05, 4.69) is 10.6 Å². The minimum Gasteiger partial charge on any atom is -0.497 e. The van der Waals surface area contributed by atoms with E-state index in [1.165, 1.54) is 14.2 Å². The van der Waals surface area contributed by atoms with Crippen LogP contribution in [0, 0.1) is 0 Å². The van der Waals surface area contributed by atoms with Crippen LogP contribution < -0.4 is 24.8 Å². The molecule has 0 unspecified atom stereocenters. The number of carbonyl (C=O) groups is 2. The monoisotopic (exact) mass is 344 g/mol. The van der Waals surface area contributed by atoms with E-state index in [9.17, 15) is 9.59 Å². The summed E-state index contributed by atoms with van der Waals surface area (Å²) in [5.41, 5.74) is 0.862. The number of benzene rings is 2. The molecule has 2 amide bonds. The fourth-order valence-electron chi connectivity index (χ4n) is 2.07. The summed E-state index contributed by atoms with van der Waals surface area (Å²) in [7, 11) is 2.99. The summed E-state index contributed by atoms with van der Waals surface area (Å²) in [6.07, 6.45) is 0. The third kappa shape index (κ3) is 4.87. The fraction of sp³-hybridized carbons (Fsp3) is 0.222. The summed E-state index contributed by atoms with van der Waals surface area (Å²) in [5, 5.41) is 5.03. The van der Waals surface area contributed by atoms with Gasteiger partial charge in [0.15, 0.2) is 0 Å². The van der Waals surface area contributed by atoms with Crippen molar-refractivity contribution in [2.45, 2.75) is 6.92 Å². The highest BCUT2D eigenvalue weighted by Crippen LogP contribution is 2.29. The van der Waals surface area contributed by atoms with E-state index in [0.717, 1.165) is 0 Å². The van der Waals surface area contributed by atoms with Gasteiger partial charge in [-0.15, -0.1) is 0 Å². The van der Waals surface area contributed by atoms with Gasteiger partial charge in [-0.3, -0.25) is 9.59 Å². The minimum absolute atomic E-state index is 0.371. The van der Waals surface area contributed by atoms with Crippen LogP contribution in [0.15, 0.2) is 42.5 Å². The van der Waals surface area contributed by atoms with Crippen LogP contribution in [0.25, 0.3) is 0 Å². The smallest absolute Gasteiger partial charge is 0.314 e. The first kappa shape index (κ1) is 18.1. The Morgan fingerprint density at radius 3 is 2.12 bits per heavy atom. The summed E-state index contributed by atoms with van der Waals surface area (Å²) < 4.78 is 15.6. The molecule has 0 saturated heterocycles. The molecule has 2 rings (SSSR count). The number of rotatable bonds is 6. The van der Waals surface area contributed by atoms with Crippen LogP contribution in [-0.4, -0.2) is 32.6 Å². The van der Waals surface area contributed by atoms with Crippen LogP contribution in [-0.2, 0) is 9.59 Å². The quantitative estimate of drug-likeness (QED) is 0.787. The number of carbonyl (C=O) groups excluding carboxylic acids is 2. The molecule has 0 aliphatic carbocycles. The topological polar surface area (TPSA) is 85.9 Å². The van der Waals surface area contributed by atoms with Gasteiger partial charge in [-0.05, 0) is 43.3 Å². The van der Waals surface area contributed by atoms with Gasteiger partial charge in [-0.25, -0.2) is 0 Å². The Morgan fingerprint density at radius 2 is 1.52 bits per heavy atom. The van der Waals surface area contributed by atoms with Crippen LogP contribution in [0.2, 0.25) is 0 Å². The van der Waals surface area contributed by atoms with E-state index in [-0.39, 0.29) is 0 Å². The summed E-state index contributed by atoms with van der Waals surface area (Å²) in [4.78, 5) is 24.1. The molecule has 0 atom stereocenters. The molecule has 0 fully saturated rings. The molecule has 0 spiro atoms. The third-order valence-electron chi connectivity index (χ3n) is 3.29. The normalized spacial score (nSPS) is 9.88. The van der Waals surface area contributed by atoms with Gasteiger partial charge in [0.25, 0.3) is 0 Å². The first-order valence-electron chi connectivity index (χ1n) is 7.64. The second kappa shape index (κ2) is 8.58. The molecule has 0 radical (unpaired) electrons. The lowest BCUT2D eigenvalue weighted by Gasteiger charge is -2.11. The van der Waals surface area contributed by atoms with E-state index in [1.807, 2.05) is 6.92 Å². The van der Waals surface area contributed by atoms with Crippen LogP contribution >= 0.6 is 0 Å². The lowest BCUT2D eigenvalue weighted by atomic mass is 10.2. The molecule has 0 saturated carbocycles. The van der Waals surface area contributed by atoms with Crippen molar-refractivity contribution in [2.24, 2.45) is 0 Å². The van der Waals surface area contributed by atoms with Crippen molar-refractivity contribution < 1.29 is 23.8 Å². The summed E-state index contributed by atoms with van der Waals surface area (Å²) in [6, 6.07) is 11.6. The first-order valence-corrected chi connectivity index (χ1v) is 7.64. The van der Waals surface area contributed by atoms with Crippen LogP contribution in [0.3, 0.4) is 0 Å². The third-order valence-corrected chi connectivity index (χ3v) is 3.29. The van der Waals surface area contributed by atoms with Crippen molar-refractivity contribution in [1.82, 2.24) is 0 Å². The largest absolute Gasteiger partial charge is 0.497 e. The highest BCUT2D eigenvalue weighted by Gasteiger charge is 2.16. The average molecular weight is 344 g/mol. The molecule has 25 heavy (non-hydrogen) atoms. The van der Waals surface area contributed by atoms with Crippen molar-refractivity contribution in [3.05, 3.63) is 42.5 Å². The summed E-state index contributed by atoms with van der Waals surface area (Å²) in [5.74, 6) is 0.0579. The number of hydrogen-bond acceptors (Lipinski definition) is 5. The molecule has 0 heterocycles. The Morgan fingerprint density at radius 1 is 0.880 bits per heavy atom. The second-order valence-electron chi connectivity index (χ2n) is 4.93. The molecular formula is C18H20N2O5. The Kier molecular flexibility index (Phi) is 6.22. The lowest BCUT2D eigenvalue weighted by molar-refractivity contribution is -0.133. The Balaban J connectivity index is 2.01. The number of ether oxygens (including phenoxy) is 3. The van der Waals surface area contributed by atoms with Crippen molar-refractivity contribution in [3.8, 4) is 17.2 Å². The van der Waals surface area contributed by atoms with E-state index in [4.69, 9.17) is 14.2 Å². The number of methoxy groups -OCH3 is 2. The zero-order valence-electron chi connectivity index (χ0n) is 14.3. The average Bonchev–Trinajstić information content (AvgIpc) is 2.63. The van der Waals surface area contributed by atoms with Crippen LogP contribution in [0.5, 0.6) is 17.2 Å². The SMILES string of the molecule is CCOc1ccc(NC(=O)C(=O)Nc2ccc(OC)cc2OC)cc1. The lowest BCUT2D eigenvalue weighted by Crippen LogP contribution is -2.29. The highest BCUT2D eigenvalue weighted by molar-refractivity contribution is 6.43. The van der Waals surface area contributed by atoms with Gasteiger partial charge in [0.05, 0.1) is 26.5 Å². The number of hydrogen-bond donors (Lipinski definition) is 2. The second-order valence-corrected chi connectivity index (χ2v) is 4.93. The Bertz CT molecular complexity index is 744. The molecule has 0 aliphatic rings. The van der Waals surface area contributed by atoms with E-state index in [0.29, 0.717) is 35.2 Å². The molecule has 7 nitrogen and oxygen atoms in total. The number of amides is 2. The summed E-state index contributed by atoms with van der Waals surface area (Å²) >= 11 is 0. The van der Waals surface area contributed by atoms with Gasteiger partial charge in [0.2, 0.25) is 0 Å². The molecule has 0 aromatic heterocycles.